The molecule has 0 saturated heterocycles. The number of carbonyl (C=O) groups is 1. The molecule has 4 rings (SSSR count). The van der Waals surface area contributed by atoms with Crippen molar-refractivity contribution in [1.82, 2.24) is 9.97 Å². The number of anilines is 2. The minimum absolute atomic E-state index is 0.0493. The minimum Gasteiger partial charge on any atom is -0.356 e. The number of benzene rings is 1. The first-order valence-electron chi connectivity index (χ1n) is 8.29. The van der Waals surface area contributed by atoms with Crippen LogP contribution in [0.1, 0.15) is 30.0 Å². The van der Waals surface area contributed by atoms with Crippen molar-refractivity contribution < 1.29 is 4.79 Å². The molecule has 2 heterocycles. The number of aromatic amines is 1. The summed E-state index contributed by atoms with van der Waals surface area (Å²) in [6, 6.07) is 14.1. The highest BCUT2D eigenvalue weighted by molar-refractivity contribution is 5.85. The smallest absolute Gasteiger partial charge is 0.127 e. The second kappa shape index (κ2) is 6.32. The van der Waals surface area contributed by atoms with E-state index >= 15 is 0 Å². The lowest BCUT2D eigenvalue weighted by molar-refractivity contribution is -0.109. The molecule has 120 valence electrons. The van der Waals surface area contributed by atoms with E-state index in [0.717, 1.165) is 53.7 Å². The van der Waals surface area contributed by atoms with Gasteiger partial charge in [-0.1, -0.05) is 18.2 Å². The predicted molar refractivity (Wildman–Crippen MR) is 95.5 cm³/mol. The largest absolute Gasteiger partial charge is 0.356 e. The Kier molecular flexibility index (Phi) is 3.87. The molecule has 0 amide bonds. The van der Waals surface area contributed by atoms with Crippen LogP contribution >= 0.6 is 0 Å². The number of carbonyl (C=O) groups excluding carboxylic acids is 1. The lowest BCUT2D eigenvalue weighted by atomic mass is 9.86. The first kappa shape index (κ1) is 14.7. The molecular weight excluding hydrogens is 298 g/mol. The molecule has 0 spiro atoms. The Bertz CT molecular complexity index is 840. The maximum Gasteiger partial charge on any atom is 0.127 e. The summed E-state index contributed by atoms with van der Waals surface area (Å²) in [6.07, 6.45) is 7.59. The van der Waals surface area contributed by atoms with Crippen molar-refractivity contribution in [2.45, 2.75) is 25.2 Å². The summed E-state index contributed by atoms with van der Waals surface area (Å²) in [7, 11) is 0. The number of H-pyrrole nitrogens is 1. The highest BCUT2D eigenvalue weighted by Gasteiger charge is 2.28. The van der Waals surface area contributed by atoms with E-state index in [4.69, 9.17) is 0 Å². The average Bonchev–Trinajstić information content (AvgIpc) is 3.02. The number of aryl methyl sites for hydroxylation is 1. The Hall–Kier alpha value is -2.88. The number of nitrogens with one attached hydrogen (secondary N) is 2. The lowest BCUT2D eigenvalue weighted by Crippen LogP contribution is -2.11. The summed E-state index contributed by atoms with van der Waals surface area (Å²) in [5, 5.41) is 3.53. The number of fused-ring (bicyclic) bond motifs is 1. The first-order valence-corrected chi connectivity index (χ1v) is 8.29. The topological polar surface area (TPSA) is 57.8 Å². The molecule has 2 aromatic heterocycles. The van der Waals surface area contributed by atoms with Crippen LogP contribution in [0.4, 0.5) is 11.4 Å². The Balaban J connectivity index is 1.87. The molecule has 2 N–H and O–H groups in total. The Labute approximate surface area is 141 Å². The maximum atomic E-state index is 11.6. The van der Waals surface area contributed by atoms with E-state index in [-0.39, 0.29) is 5.92 Å². The third-order valence-electron chi connectivity index (χ3n) is 4.61. The monoisotopic (exact) mass is 317 g/mol. The van der Waals surface area contributed by atoms with Gasteiger partial charge in [-0.2, -0.15) is 0 Å². The molecule has 4 heteroatoms. The van der Waals surface area contributed by atoms with E-state index in [0.29, 0.717) is 0 Å². The molecule has 1 unspecified atom stereocenters. The van der Waals surface area contributed by atoms with Crippen molar-refractivity contribution in [2.24, 2.45) is 0 Å². The second-order valence-corrected chi connectivity index (χ2v) is 6.13. The minimum atomic E-state index is -0.0493. The summed E-state index contributed by atoms with van der Waals surface area (Å²) in [5.41, 5.74) is 6.42. The van der Waals surface area contributed by atoms with Gasteiger partial charge in [0, 0.05) is 40.8 Å². The van der Waals surface area contributed by atoms with Gasteiger partial charge in [0.05, 0.1) is 11.4 Å². The van der Waals surface area contributed by atoms with Gasteiger partial charge in [-0.25, -0.2) is 0 Å². The van der Waals surface area contributed by atoms with E-state index < -0.39 is 0 Å². The predicted octanol–water partition coefficient (Wildman–Crippen LogP) is 4.44. The number of pyridine rings is 1. The zero-order valence-corrected chi connectivity index (χ0v) is 13.3. The first-order chi connectivity index (χ1) is 11.9. The van der Waals surface area contributed by atoms with E-state index in [1.807, 2.05) is 42.5 Å². The van der Waals surface area contributed by atoms with Crippen LogP contribution in [0, 0.1) is 0 Å². The van der Waals surface area contributed by atoms with Crippen LogP contribution < -0.4 is 5.32 Å². The van der Waals surface area contributed by atoms with Gasteiger partial charge in [0.2, 0.25) is 0 Å². The maximum absolute atomic E-state index is 11.6. The van der Waals surface area contributed by atoms with Gasteiger partial charge in [-0.05, 0) is 43.5 Å². The summed E-state index contributed by atoms with van der Waals surface area (Å²) in [4.78, 5) is 19.3. The van der Waals surface area contributed by atoms with Gasteiger partial charge < -0.3 is 15.1 Å². The molecule has 1 aromatic carbocycles. The van der Waals surface area contributed by atoms with Crippen molar-refractivity contribution in [1.29, 1.82) is 0 Å². The van der Waals surface area contributed by atoms with Gasteiger partial charge in [0.1, 0.15) is 6.29 Å². The fourth-order valence-corrected chi connectivity index (χ4v) is 3.48. The van der Waals surface area contributed by atoms with Gasteiger partial charge in [0.15, 0.2) is 0 Å². The highest BCUT2D eigenvalue weighted by atomic mass is 16.1. The quantitative estimate of drug-likeness (QED) is 0.699. The summed E-state index contributed by atoms with van der Waals surface area (Å²) in [6.45, 7) is 0. The second-order valence-electron chi connectivity index (χ2n) is 6.13. The molecule has 24 heavy (non-hydrogen) atoms. The molecule has 1 aliphatic carbocycles. The lowest BCUT2D eigenvalue weighted by Gasteiger charge is -2.20. The van der Waals surface area contributed by atoms with Crippen LogP contribution in [0.3, 0.4) is 0 Å². The fourth-order valence-electron chi connectivity index (χ4n) is 3.48. The van der Waals surface area contributed by atoms with Gasteiger partial charge in [-0.15, -0.1) is 0 Å². The fraction of sp³-hybridized carbons (Fsp3) is 0.200. The molecule has 0 aliphatic heterocycles. The zero-order chi connectivity index (χ0) is 16.4. The van der Waals surface area contributed by atoms with Gasteiger partial charge >= 0.3 is 0 Å². The molecule has 3 aromatic rings. The van der Waals surface area contributed by atoms with Crippen LogP contribution in [-0.4, -0.2) is 16.3 Å². The van der Waals surface area contributed by atoms with Gasteiger partial charge in [-0.3, -0.25) is 4.98 Å². The Morgan fingerprint density at radius 3 is 2.67 bits per heavy atom. The summed E-state index contributed by atoms with van der Waals surface area (Å²) in [5.74, 6) is -0.0493. The number of nitrogens with zero attached hydrogens (tertiary/aromatic N) is 1. The van der Waals surface area contributed by atoms with Crippen LogP contribution in [0.15, 0.2) is 54.9 Å². The third-order valence-corrected chi connectivity index (χ3v) is 4.61. The van der Waals surface area contributed by atoms with Crippen molar-refractivity contribution in [3.8, 4) is 11.3 Å². The van der Waals surface area contributed by atoms with Gasteiger partial charge in [0.25, 0.3) is 0 Å². The average molecular weight is 317 g/mol. The number of para-hydroxylation sites is 1. The van der Waals surface area contributed by atoms with Crippen LogP contribution in [0.25, 0.3) is 11.3 Å². The number of aldehydes is 1. The van der Waals surface area contributed by atoms with Crippen LogP contribution in [0.2, 0.25) is 0 Å². The Morgan fingerprint density at radius 2 is 1.92 bits per heavy atom. The molecular formula is C20H19N3O. The van der Waals surface area contributed by atoms with Crippen molar-refractivity contribution >= 4 is 17.7 Å². The normalized spacial score (nSPS) is 16.4. The number of aromatic nitrogens is 2. The van der Waals surface area contributed by atoms with Crippen molar-refractivity contribution in [2.75, 3.05) is 5.32 Å². The number of hydrogen-bond donors (Lipinski definition) is 2. The Morgan fingerprint density at radius 1 is 1.12 bits per heavy atom. The third kappa shape index (κ3) is 2.60. The van der Waals surface area contributed by atoms with E-state index in [9.17, 15) is 4.79 Å². The molecule has 1 aliphatic rings. The molecule has 0 fully saturated rings. The SMILES string of the molecule is O=CC1CCCc2[nH]c(-c3ccncc3)c(Nc3ccccc3)c21. The number of rotatable bonds is 4. The molecule has 0 saturated carbocycles. The van der Waals surface area contributed by atoms with E-state index in [1.165, 1.54) is 5.69 Å². The summed E-state index contributed by atoms with van der Waals surface area (Å²) >= 11 is 0. The number of hydrogen-bond acceptors (Lipinski definition) is 3. The molecule has 1 atom stereocenters. The van der Waals surface area contributed by atoms with Crippen LogP contribution in [-0.2, 0) is 11.2 Å². The van der Waals surface area contributed by atoms with E-state index in [2.05, 4.69) is 15.3 Å². The molecule has 0 bridgehead atoms. The molecule has 0 radical (unpaired) electrons. The standard InChI is InChI=1S/C20H19N3O/c24-13-15-5-4-8-17-18(15)20(22-16-6-2-1-3-7-16)19(23-17)14-9-11-21-12-10-14/h1-3,6-7,9-13,15,22-23H,4-5,8H2. The zero-order valence-electron chi connectivity index (χ0n) is 13.3. The highest BCUT2D eigenvalue weighted by Crippen LogP contribution is 2.42. The van der Waals surface area contributed by atoms with Crippen molar-refractivity contribution in [3.63, 3.8) is 0 Å². The molecule has 4 nitrogen and oxygen atoms in total. The van der Waals surface area contributed by atoms with E-state index in [1.54, 1.807) is 12.4 Å². The van der Waals surface area contributed by atoms with Crippen LogP contribution in [0.5, 0.6) is 0 Å². The van der Waals surface area contributed by atoms with Crippen molar-refractivity contribution in [3.05, 3.63) is 66.1 Å². The summed E-state index contributed by atoms with van der Waals surface area (Å²) < 4.78 is 0.